The Balaban J connectivity index is 1.05. The fourth-order valence-electron chi connectivity index (χ4n) is 6.87. The molecule has 0 radical (unpaired) electrons. The first-order valence-electron chi connectivity index (χ1n) is 14.9. The van der Waals surface area contributed by atoms with Gasteiger partial charge >= 0.3 is 0 Å². The van der Waals surface area contributed by atoms with Crippen LogP contribution in [0.2, 0.25) is 0 Å². The molecule has 4 aliphatic rings. The summed E-state index contributed by atoms with van der Waals surface area (Å²) in [5, 5.41) is 0. The van der Waals surface area contributed by atoms with E-state index in [1.165, 1.54) is 11.1 Å². The molecule has 6 rings (SSSR count). The summed E-state index contributed by atoms with van der Waals surface area (Å²) in [6, 6.07) is 12.8. The maximum atomic E-state index is 14.1. The van der Waals surface area contributed by atoms with Crippen molar-refractivity contribution in [3.8, 4) is 0 Å². The smallest absolute Gasteiger partial charge is 0.225 e. The predicted molar refractivity (Wildman–Crippen MR) is 158 cm³/mol. The number of aromatic nitrogens is 1. The van der Waals surface area contributed by atoms with E-state index in [4.69, 9.17) is 5.73 Å². The normalized spacial score (nSPS) is 22.6. The Labute approximate surface area is 237 Å². The number of benzene rings is 1. The van der Waals surface area contributed by atoms with E-state index in [-0.39, 0.29) is 17.8 Å². The number of hydrogen-bond acceptors (Lipinski definition) is 5. The van der Waals surface area contributed by atoms with Gasteiger partial charge in [-0.3, -0.25) is 14.7 Å². The molecule has 1 aromatic heterocycles. The van der Waals surface area contributed by atoms with E-state index in [9.17, 15) is 9.18 Å². The summed E-state index contributed by atoms with van der Waals surface area (Å²) in [6.45, 7) is 6.38. The van der Waals surface area contributed by atoms with E-state index in [1.54, 1.807) is 12.2 Å². The van der Waals surface area contributed by atoms with Gasteiger partial charge in [-0.1, -0.05) is 25.1 Å². The van der Waals surface area contributed by atoms with Crippen molar-refractivity contribution in [2.24, 2.45) is 5.92 Å². The third kappa shape index (κ3) is 5.44. The van der Waals surface area contributed by atoms with Crippen molar-refractivity contribution in [3.63, 3.8) is 0 Å². The number of rotatable bonds is 6. The lowest BCUT2D eigenvalue weighted by atomic mass is 9.92. The third-order valence-electron chi connectivity index (χ3n) is 9.19. The molecule has 40 heavy (non-hydrogen) atoms. The molecule has 1 unspecified atom stereocenters. The molecular formula is C33H40FN5O. The lowest BCUT2D eigenvalue weighted by Gasteiger charge is -2.43. The van der Waals surface area contributed by atoms with Gasteiger partial charge in [0.25, 0.3) is 0 Å². The van der Waals surface area contributed by atoms with E-state index in [1.807, 2.05) is 24.4 Å². The van der Waals surface area contributed by atoms with Crippen LogP contribution in [0.1, 0.15) is 55.8 Å². The summed E-state index contributed by atoms with van der Waals surface area (Å²) in [7, 11) is 0. The first kappa shape index (κ1) is 26.8. The number of likely N-dealkylation sites (tertiary alicyclic amines) is 2. The quantitative estimate of drug-likeness (QED) is 0.501. The van der Waals surface area contributed by atoms with E-state index in [2.05, 4.69) is 50.9 Å². The molecule has 6 nitrogen and oxygen atoms in total. The van der Waals surface area contributed by atoms with Gasteiger partial charge in [-0.15, -0.1) is 0 Å². The van der Waals surface area contributed by atoms with Gasteiger partial charge < -0.3 is 15.5 Å². The zero-order chi connectivity index (χ0) is 27.6. The Hall–Kier alpha value is -3.45. The molecule has 2 saturated heterocycles. The molecular weight excluding hydrogens is 501 g/mol. The number of nitrogens with zero attached hydrogens (tertiary/aromatic N) is 4. The predicted octanol–water partition coefficient (Wildman–Crippen LogP) is 5.34. The van der Waals surface area contributed by atoms with Gasteiger partial charge in [0, 0.05) is 43.5 Å². The van der Waals surface area contributed by atoms with Crippen LogP contribution in [0, 0.1) is 5.92 Å². The number of carbonyl (C=O) groups excluding carboxylic acids is 1. The highest BCUT2D eigenvalue weighted by molar-refractivity contribution is 5.79. The van der Waals surface area contributed by atoms with Gasteiger partial charge in [-0.25, -0.2) is 4.39 Å². The highest BCUT2D eigenvalue weighted by Gasteiger charge is 2.39. The molecule has 0 bridgehead atoms. The minimum Gasteiger partial charge on any atom is -0.398 e. The molecule has 4 heterocycles. The lowest BCUT2D eigenvalue weighted by molar-refractivity contribution is -0.138. The Morgan fingerprint density at radius 3 is 2.55 bits per heavy atom. The molecule has 2 fully saturated rings. The van der Waals surface area contributed by atoms with E-state index >= 15 is 0 Å². The number of hydrogen-bond donors (Lipinski definition) is 1. The Kier molecular flexibility index (Phi) is 7.74. The summed E-state index contributed by atoms with van der Waals surface area (Å²) in [4.78, 5) is 25.1. The second-order valence-corrected chi connectivity index (χ2v) is 11.6. The largest absolute Gasteiger partial charge is 0.398 e. The maximum Gasteiger partial charge on any atom is 0.225 e. The number of fused-ring (bicyclic) bond motifs is 1. The number of anilines is 1. The van der Waals surface area contributed by atoms with Gasteiger partial charge in [0.05, 0.1) is 17.4 Å². The molecule has 1 amide bonds. The number of nitrogen functional groups attached to an aromatic ring is 1. The Morgan fingerprint density at radius 1 is 1.05 bits per heavy atom. The van der Waals surface area contributed by atoms with Crippen LogP contribution in [-0.2, 0) is 17.8 Å². The van der Waals surface area contributed by atoms with Crippen molar-refractivity contribution in [2.45, 2.75) is 64.1 Å². The van der Waals surface area contributed by atoms with Crippen molar-refractivity contribution in [2.75, 3.05) is 31.9 Å². The van der Waals surface area contributed by atoms with Crippen molar-refractivity contribution in [3.05, 3.63) is 89.0 Å². The van der Waals surface area contributed by atoms with Crippen molar-refractivity contribution in [1.82, 2.24) is 19.7 Å². The SMILES string of the molecule is CCc1ccc(CN2CCC(C(=O)N3CCC(N4C(c5ccccn5)=CC5=CC(F)=CCC54)CC3)CC2)c(N)c1. The summed E-state index contributed by atoms with van der Waals surface area (Å²) in [6.07, 6.45) is 12.6. The van der Waals surface area contributed by atoms with E-state index in [0.717, 1.165) is 87.5 Å². The van der Waals surface area contributed by atoms with E-state index < -0.39 is 0 Å². The van der Waals surface area contributed by atoms with Gasteiger partial charge in [-0.05, 0) is 105 Å². The third-order valence-corrected chi connectivity index (χ3v) is 9.19. The molecule has 2 aromatic rings. The zero-order valence-corrected chi connectivity index (χ0v) is 23.4. The number of amides is 1. The number of pyridine rings is 1. The lowest BCUT2D eigenvalue weighted by Crippen LogP contribution is -2.50. The molecule has 210 valence electrons. The second kappa shape index (κ2) is 11.6. The molecule has 3 aliphatic heterocycles. The number of halogens is 1. The zero-order valence-electron chi connectivity index (χ0n) is 23.4. The van der Waals surface area contributed by atoms with Gasteiger partial charge in [-0.2, -0.15) is 0 Å². The highest BCUT2D eigenvalue weighted by atomic mass is 19.1. The van der Waals surface area contributed by atoms with Crippen molar-refractivity contribution >= 4 is 17.3 Å². The Bertz CT molecular complexity index is 1320. The Morgan fingerprint density at radius 2 is 1.85 bits per heavy atom. The summed E-state index contributed by atoms with van der Waals surface area (Å²) >= 11 is 0. The maximum absolute atomic E-state index is 14.1. The van der Waals surface area contributed by atoms with Gasteiger partial charge in [0.15, 0.2) is 0 Å². The molecule has 1 atom stereocenters. The number of carbonyl (C=O) groups is 1. The van der Waals surface area contributed by atoms with Crippen LogP contribution < -0.4 is 5.73 Å². The number of nitrogens with two attached hydrogens (primary N) is 1. The standard InChI is InChI=1S/C33H40FN5O/c1-2-23-6-7-25(29(35)19-23)22-37-15-10-24(11-16-37)33(40)38-17-12-28(13-18-38)39-31-9-8-27(34)20-26(31)21-32(39)30-5-3-4-14-36-30/h3-8,14,19-21,24,28,31H,2,9-13,15-18,22,35H2,1H3. The van der Waals surface area contributed by atoms with Crippen molar-refractivity contribution < 1.29 is 9.18 Å². The summed E-state index contributed by atoms with van der Waals surface area (Å²) in [5.74, 6) is 0.258. The monoisotopic (exact) mass is 541 g/mol. The van der Waals surface area contributed by atoms with Crippen LogP contribution in [0.25, 0.3) is 5.70 Å². The van der Waals surface area contributed by atoms with Gasteiger partial charge in [0.1, 0.15) is 5.83 Å². The summed E-state index contributed by atoms with van der Waals surface area (Å²) < 4.78 is 14.1. The van der Waals surface area contributed by atoms with Crippen LogP contribution in [0.4, 0.5) is 10.1 Å². The number of piperidine rings is 2. The average Bonchev–Trinajstić information content (AvgIpc) is 3.37. The van der Waals surface area contributed by atoms with Crippen molar-refractivity contribution in [1.29, 1.82) is 0 Å². The average molecular weight is 542 g/mol. The number of aryl methyl sites for hydroxylation is 1. The van der Waals surface area contributed by atoms with E-state index in [0.29, 0.717) is 18.4 Å². The molecule has 1 aromatic carbocycles. The first-order chi connectivity index (χ1) is 19.5. The van der Waals surface area contributed by atoms with Crippen LogP contribution in [0.3, 0.4) is 0 Å². The molecule has 0 saturated carbocycles. The molecule has 2 N–H and O–H groups in total. The van der Waals surface area contributed by atoms with Crippen LogP contribution >= 0.6 is 0 Å². The minimum absolute atomic E-state index is 0.101. The fraction of sp³-hybridized carbons (Fsp3) is 0.455. The molecule has 7 heteroatoms. The molecule has 1 aliphatic carbocycles. The van der Waals surface area contributed by atoms with Crippen LogP contribution in [-0.4, -0.2) is 63.9 Å². The summed E-state index contributed by atoms with van der Waals surface area (Å²) in [5.41, 5.74) is 12.6. The number of allylic oxidation sites excluding steroid dienone is 2. The first-order valence-corrected chi connectivity index (χ1v) is 14.9. The topological polar surface area (TPSA) is 65.7 Å². The molecule has 0 spiro atoms. The second-order valence-electron chi connectivity index (χ2n) is 11.6. The minimum atomic E-state index is -0.158. The van der Waals surface area contributed by atoms with Crippen LogP contribution in [0.15, 0.2) is 72.2 Å². The van der Waals surface area contributed by atoms with Gasteiger partial charge in [0.2, 0.25) is 5.91 Å². The highest BCUT2D eigenvalue weighted by Crippen LogP contribution is 2.41. The van der Waals surface area contributed by atoms with Crippen LogP contribution in [0.5, 0.6) is 0 Å². The fourth-order valence-corrected chi connectivity index (χ4v) is 6.87.